The molecule has 0 N–H and O–H groups in total. The molecule has 0 radical (unpaired) electrons. The Hall–Kier alpha value is -0.530. The predicted molar refractivity (Wildman–Crippen MR) is 49.4 cm³/mol. The average molecular weight is 183 g/mol. The summed E-state index contributed by atoms with van der Waals surface area (Å²) >= 11 is 5.50. The fourth-order valence-corrected chi connectivity index (χ4v) is 1.90. The molecular formula is C10H11ClO. The highest BCUT2D eigenvalue weighted by atomic mass is 35.5. The second-order valence-corrected chi connectivity index (χ2v) is 3.29. The van der Waals surface area contributed by atoms with Crippen LogP contribution in [-0.2, 0) is 17.6 Å². The number of hydrogen-bond acceptors (Lipinski definition) is 1. The molecule has 2 heteroatoms. The highest BCUT2D eigenvalue weighted by Crippen LogP contribution is 2.23. The molecule has 0 saturated heterocycles. The fraction of sp³-hybridized carbons (Fsp3) is 0.400. The van der Waals surface area contributed by atoms with Crippen molar-refractivity contribution in [2.24, 2.45) is 0 Å². The zero-order chi connectivity index (χ0) is 8.39. The summed E-state index contributed by atoms with van der Waals surface area (Å²) < 4.78 is 5.35. The van der Waals surface area contributed by atoms with Crippen LogP contribution in [0.25, 0.3) is 0 Å². The third-order valence-electron chi connectivity index (χ3n) is 2.31. The Morgan fingerprint density at radius 3 is 2.33 bits per heavy atom. The summed E-state index contributed by atoms with van der Waals surface area (Å²) in [5.41, 5.74) is 2.82. The molecule has 0 spiro atoms. The summed E-state index contributed by atoms with van der Waals surface area (Å²) in [6.07, 6.45) is 2.34. The number of halogens is 1. The third-order valence-corrected chi connectivity index (χ3v) is 2.44. The lowest BCUT2D eigenvalue weighted by Crippen LogP contribution is -2.11. The molecule has 0 saturated carbocycles. The molecule has 64 valence electrons. The van der Waals surface area contributed by atoms with Gasteiger partial charge in [-0.15, -0.1) is 0 Å². The van der Waals surface area contributed by atoms with Crippen LogP contribution in [0.2, 0.25) is 0 Å². The van der Waals surface area contributed by atoms with Gasteiger partial charge in [0.25, 0.3) is 0 Å². The molecule has 0 amide bonds. The van der Waals surface area contributed by atoms with E-state index < -0.39 is 0 Å². The number of hydrogen-bond donors (Lipinski definition) is 0. The largest absolute Gasteiger partial charge is 0.362 e. The third kappa shape index (κ3) is 1.47. The molecule has 0 aromatic heterocycles. The lowest BCUT2D eigenvalue weighted by atomic mass is 10.1. The zero-order valence-corrected chi connectivity index (χ0v) is 7.55. The quantitative estimate of drug-likeness (QED) is 0.639. The Balaban J connectivity index is 2.11. The van der Waals surface area contributed by atoms with Gasteiger partial charge in [-0.25, -0.2) is 0 Å². The van der Waals surface area contributed by atoms with Crippen LogP contribution < -0.4 is 0 Å². The van der Waals surface area contributed by atoms with Crippen LogP contribution in [0.4, 0.5) is 0 Å². The lowest BCUT2D eigenvalue weighted by molar-refractivity contribution is 0.0960. The van der Waals surface area contributed by atoms with Crippen molar-refractivity contribution in [1.82, 2.24) is 0 Å². The Bertz CT molecular complexity index is 247. The first-order chi connectivity index (χ1) is 5.90. The molecule has 0 heterocycles. The smallest absolute Gasteiger partial charge is 0.121 e. The van der Waals surface area contributed by atoms with Gasteiger partial charge >= 0.3 is 0 Å². The monoisotopic (exact) mass is 182 g/mol. The minimum absolute atomic E-state index is 0.304. The van der Waals surface area contributed by atoms with E-state index in [1.807, 2.05) is 0 Å². The lowest BCUT2D eigenvalue weighted by Gasteiger charge is -2.06. The van der Waals surface area contributed by atoms with E-state index in [1.165, 1.54) is 11.1 Å². The van der Waals surface area contributed by atoms with Crippen LogP contribution in [0.1, 0.15) is 11.1 Å². The molecular weight excluding hydrogens is 172 g/mol. The molecule has 1 aliphatic carbocycles. The number of alkyl halides is 1. The van der Waals surface area contributed by atoms with Crippen LogP contribution in [0.5, 0.6) is 0 Å². The molecule has 1 aromatic rings. The first kappa shape index (κ1) is 8.09. The second-order valence-electron chi connectivity index (χ2n) is 3.07. The van der Waals surface area contributed by atoms with Crippen molar-refractivity contribution in [2.75, 3.05) is 6.07 Å². The van der Waals surface area contributed by atoms with Gasteiger partial charge < -0.3 is 4.74 Å². The van der Waals surface area contributed by atoms with Crippen molar-refractivity contribution in [3.63, 3.8) is 0 Å². The molecule has 2 rings (SSSR count). The van der Waals surface area contributed by atoms with Gasteiger partial charge in [0.1, 0.15) is 6.07 Å². The van der Waals surface area contributed by atoms with Crippen LogP contribution >= 0.6 is 11.6 Å². The summed E-state index contributed by atoms with van der Waals surface area (Å²) in [6.45, 7) is 0. The van der Waals surface area contributed by atoms with E-state index in [0.29, 0.717) is 12.2 Å². The van der Waals surface area contributed by atoms with Crippen molar-refractivity contribution in [3.8, 4) is 0 Å². The topological polar surface area (TPSA) is 9.23 Å². The second kappa shape index (κ2) is 3.46. The first-order valence-corrected chi connectivity index (χ1v) is 4.68. The molecule has 1 aromatic carbocycles. The van der Waals surface area contributed by atoms with Crippen LogP contribution in [0.15, 0.2) is 24.3 Å². The van der Waals surface area contributed by atoms with E-state index in [9.17, 15) is 0 Å². The highest BCUT2D eigenvalue weighted by molar-refractivity contribution is 6.17. The van der Waals surface area contributed by atoms with Gasteiger partial charge in [0.05, 0.1) is 6.10 Å². The zero-order valence-electron chi connectivity index (χ0n) is 6.79. The average Bonchev–Trinajstić information content (AvgIpc) is 2.47. The van der Waals surface area contributed by atoms with Crippen molar-refractivity contribution in [2.45, 2.75) is 18.9 Å². The summed E-state index contributed by atoms with van der Waals surface area (Å²) in [6, 6.07) is 8.77. The molecule has 12 heavy (non-hydrogen) atoms. The summed E-state index contributed by atoms with van der Waals surface area (Å²) in [5.74, 6) is 0. The molecule has 0 bridgehead atoms. The standard InChI is InChI=1S/C10H11ClO/c11-7-12-10-5-8-3-1-2-4-9(8)6-10/h1-4,10H,5-7H2. The van der Waals surface area contributed by atoms with Gasteiger partial charge in [0.2, 0.25) is 0 Å². The Kier molecular flexibility index (Phi) is 2.33. The van der Waals surface area contributed by atoms with E-state index in [-0.39, 0.29) is 0 Å². The van der Waals surface area contributed by atoms with Crippen molar-refractivity contribution in [3.05, 3.63) is 35.4 Å². The molecule has 0 fully saturated rings. The molecule has 0 atom stereocenters. The van der Waals surface area contributed by atoms with Crippen LogP contribution in [0.3, 0.4) is 0 Å². The Morgan fingerprint density at radius 2 is 1.83 bits per heavy atom. The van der Waals surface area contributed by atoms with Crippen molar-refractivity contribution in [1.29, 1.82) is 0 Å². The molecule has 0 unspecified atom stereocenters. The van der Waals surface area contributed by atoms with E-state index in [0.717, 1.165) is 12.8 Å². The van der Waals surface area contributed by atoms with Crippen molar-refractivity contribution < 1.29 is 4.74 Å². The number of rotatable bonds is 2. The molecule has 1 nitrogen and oxygen atoms in total. The molecule has 1 aliphatic rings. The minimum atomic E-state index is 0.304. The van der Waals surface area contributed by atoms with E-state index in [2.05, 4.69) is 24.3 Å². The Labute approximate surface area is 77.3 Å². The van der Waals surface area contributed by atoms with Gasteiger partial charge in [-0.1, -0.05) is 35.9 Å². The van der Waals surface area contributed by atoms with Crippen LogP contribution in [-0.4, -0.2) is 12.2 Å². The van der Waals surface area contributed by atoms with Gasteiger partial charge in [-0.05, 0) is 24.0 Å². The molecule has 0 aliphatic heterocycles. The minimum Gasteiger partial charge on any atom is -0.362 e. The first-order valence-electron chi connectivity index (χ1n) is 4.14. The normalized spacial score (nSPS) is 16.4. The predicted octanol–water partition coefficient (Wildman–Crippen LogP) is 2.37. The SMILES string of the molecule is ClCOC1Cc2ccccc2C1. The number of benzene rings is 1. The van der Waals surface area contributed by atoms with E-state index in [4.69, 9.17) is 16.3 Å². The van der Waals surface area contributed by atoms with Gasteiger partial charge in [-0.3, -0.25) is 0 Å². The maximum atomic E-state index is 5.50. The van der Waals surface area contributed by atoms with E-state index in [1.54, 1.807) is 0 Å². The number of fused-ring (bicyclic) bond motifs is 1. The summed E-state index contributed by atoms with van der Waals surface area (Å²) in [7, 11) is 0. The number of ether oxygens (including phenoxy) is 1. The van der Waals surface area contributed by atoms with E-state index >= 15 is 0 Å². The maximum Gasteiger partial charge on any atom is 0.121 e. The highest BCUT2D eigenvalue weighted by Gasteiger charge is 2.20. The van der Waals surface area contributed by atoms with Crippen molar-refractivity contribution >= 4 is 11.6 Å². The maximum absolute atomic E-state index is 5.50. The van der Waals surface area contributed by atoms with Gasteiger partial charge in [0.15, 0.2) is 0 Å². The van der Waals surface area contributed by atoms with Crippen LogP contribution in [0, 0.1) is 0 Å². The Morgan fingerprint density at radius 1 is 1.25 bits per heavy atom. The summed E-state index contributed by atoms with van der Waals surface area (Å²) in [5, 5.41) is 0. The summed E-state index contributed by atoms with van der Waals surface area (Å²) in [4.78, 5) is 0. The van der Waals surface area contributed by atoms with Gasteiger partial charge in [0, 0.05) is 0 Å². The van der Waals surface area contributed by atoms with Gasteiger partial charge in [-0.2, -0.15) is 0 Å². The fourth-order valence-electron chi connectivity index (χ4n) is 1.73.